The first kappa shape index (κ1) is 11.0. The van der Waals surface area contributed by atoms with Gasteiger partial charge in [0.05, 0.1) is 5.60 Å². The van der Waals surface area contributed by atoms with Gasteiger partial charge in [0.15, 0.2) is 0 Å². The Morgan fingerprint density at radius 2 is 2.33 bits per heavy atom. The van der Waals surface area contributed by atoms with Gasteiger partial charge in [0.2, 0.25) is 0 Å². The van der Waals surface area contributed by atoms with Crippen LogP contribution in [0.3, 0.4) is 0 Å². The molecule has 1 unspecified atom stereocenters. The zero-order valence-corrected chi connectivity index (χ0v) is 10.0. The van der Waals surface area contributed by atoms with Crippen LogP contribution in [0.2, 0.25) is 0 Å². The van der Waals surface area contributed by atoms with E-state index in [0.717, 1.165) is 12.0 Å². The molecule has 0 saturated carbocycles. The number of thioether (sulfide) groups is 1. The summed E-state index contributed by atoms with van der Waals surface area (Å²) in [5.41, 5.74) is 1.65. The average Bonchev–Trinajstić information content (AvgIpc) is 2.63. The molecule has 1 heterocycles. The Hall–Kier alpha value is -0.510. The third-order valence-electron chi connectivity index (χ3n) is 2.84. The quantitative estimate of drug-likeness (QED) is 0.819. The van der Waals surface area contributed by atoms with Gasteiger partial charge < -0.3 is 10.4 Å². The fourth-order valence-electron chi connectivity index (χ4n) is 1.95. The summed E-state index contributed by atoms with van der Waals surface area (Å²) in [5, 5.41) is 13.3. The maximum atomic E-state index is 10.2. The molecule has 2 nitrogen and oxygen atoms in total. The van der Waals surface area contributed by atoms with E-state index < -0.39 is 5.60 Å². The zero-order chi connectivity index (χ0) is 10.9. The Bertz CT molecular complexity index is 363. The van der Waals surface area contributed by atoms with E-state index in [0.29, 0.717) is 6.54 Å². The van der Waals surface area contributed by atoms with Gasteiger partial charge in [-0.3, -0.25) is 0 Å². The van der Waals surface area contributed by atoms with Crippen molar-refractivity contribution in [1.29, 1.82) is 0 Å². The Kier molecular flexibility index (Phi) is 3.05. The topological polar surface area (TPSA) is 32.3 Å². The van der Waals surface area contributed by atoms with E-state index >= 15 is 0 Å². The number of hydrogen-bond acceptors (Lipinski definition) is 3. The molecule has 0 bridgehead atoms. The predicted octanol–water partition coefficient (Wildman–Crippen LogP) is 1.76. The smallest absolute Gasteiger partial charge is 0.0992 e. The van der Waals surface area contributed by atoms with Gasteiger partial charge in [-0.1, -0.05) is 12.1 Å². The first-order valence-corrected chi connectivity index (χ1v) is 6.25. The molecule has 0 aromatic heterocycles. The number of aliphatic hydroxyl groups is 1. The first-order valence-electron chi connectivity index (χ1n) is 5.27. The second-order valence-electron chi connectivity index (χ2n) is 4.23. The standard InChI is InChI=1S/C12H17NOS/c1-12(14,8-13-2)10-4-3-9-5-6-15-11(9)7-10/h3-4,7,13-14H,5-6,8H2,1-2H3. The van der Waals surface area contributed by atoms with Gasteiger partial charge >= 0.3 is 0 Å². The van der Waals surface area contributed by atoms with Crippen LogP contribution in [0.1, 0.15) is 18.1 Å². The van der Waals surface area contributed by atoms with E-state index in [9.17, 15) is 5.11 Å². The fourth-order valence-corrected chi connectivity index (χ4v) is 3.06. The van der Waals surface area contributed by atoms with Crippen molar-refractivity contribution in [3.8, 4) is 0 Å². The van der Waals surface area contributed by atoms with Gasteiger partial charge in [-0.2, -0.15) is 0 Å². The number of likely N-dealkylation sites (N-methyl/N-ethyl adjacent to an activating group) is 1. The lowest BCUT2D eigenvalue weighted by molar-refractivity contribution is 0.0589. The van der Waals surface area contributed by atoms with Gasteiger partial charge in [-0.25, -0.2) is 0 Å². The lowest BCUT2D eigenvalue weighted by Gasteiger charge is -2.24. The molecular weight excluding hydrogens is 206 g/mol. The second-order valence-corrected chi connectivity index (χ2v) is 5.36. The fraction of sp³-hybridized carbons (Fsp3) is 0.500. The van der Waals surface area contributed by atoms with Crippen LogP contribution >= 0.6 is 11.8 Å². The van der Waals surface area contributed by atoms with Gasteiger partial charge in [0.25, 0.3) is 0 Å². The van der Waals surface area contributed by atoms with Crippen LogP contribution in [0.4, 0.5) is 0 Å². The number of benzene rings is 1. The first-order chi connectivity index (χ1) is 7.13. The molecule has 0 amide bonds. The third kappa shape index (κ3) is 2.19. The van der Waals surface area contributed by atoms with Gasteiger partial charge in [-0.05, 0) is 37.6 Å². The number of nitrogens with one attached hydrogen (secondary N) is 1. The predicted molar refractivity (Wildman–Crippen MR) is 64.4 cm³/mol. The summed E-state index contributed by atoms with van der Waals surface area (Å²) in [6, 6.07) is 6.32. The maximum absolute atomic E-state index is 10.2. The van der Waals surface area contributed by atoms with Gasteiger partial charge in [-0.15, -0.1) is 11.8 Å². The van der Waals surface area contributed by atoms with E-state index in [1.165, 1.54) is 16.2 Å². The summed E-state index contributed by atoms with van der Waals surface area (Å²) in [5.74, 6) is 1.17. The summed E-state index contributed by atoms with van der Waals surface area (Å²) in [4.78, 5) is 1.34. The van der Waals surface area contributed by atoms with Crippen LogP contribution in [0.15, 0.2) is 23.1 Å². The minimum absolute atomic E-state index is 0.580. The average molecular weight is 223 g/mol. The molecule has 1 aromatic rings. The van der Waals surface area contributed by atoms with E-state index in [1.54, 1.807) is 0 Å². The maximum Gasteiger partial charge on any atom is 0.0992 e. The molecule has 2 rings (SSSR count). The molecule has 1 aromatic carbocycles. The highest BCUT2D eigenvalue weighted by molar-refractivity contribution is 7.99. The number of rotatable bonds is 3. The monoisotopic (exact) mass is 223 g/mol. The molecule has 1 aliphatic heterocycles. The largest absolute Gasteiger partial charge is 0.384 e. The van der Waals surface area contributed by atoms with Crippen LogP contribution in [0.5, 0.6) is 0 Å². The Labute approximate surface area is 95.1 Å². The Morgan fingerprint density at radius 3 is 3.07 bits per heavy atom. The molecular formula is C12H17NOS. The number of fused-ring (bicyclic) bond motifs is 1. The molecule has 0 fully saturated rings. The van der Waals surface area contributed by atoms with Crippen molar-refractivity contribution >= 4 is 11.8 Å². The van der Waals surface area contributed by atoms with Crippen molar-refractivity contribution in [2.24, 2.45) is 0 Å². The second kappa shape index (κ2) is 4.16. The van der Waals surface area contributed by atoms with Crippen molar-refractivity contribution < 1.29 is 5.11 Å². The minimum atomic E-state index is -0.771. The zero-order valence-electron chi connectivity index (χ0n) is 9.21. The van der Waals surface area contributed by atoms with Crippen LogP contribution in [-0.2, 0) is 12.0 Å². The van der Waals surface area contributed by atoms with Crippen LogP contribution in [0.25, 0.3) is 0 Å². The van der Waals surface area contributed by atoms with Crippen molar-refractivity contribution in [3.05, 3.63) is 29.3 Å². The molecule has 82 valence electrons. The van der Waals surface area contributed by atoms with Crippen LogP contribution in [-0.4, -0.2) is 24.5 Å². The summed E-state index contributed by atoms with van der Waals surface area (Å²) >= 11 is 1.88. The third-order valence-corrected chi connectivity index (χ3v) is 3.94. The molecule has 2 N–H and O–H groups in total. The summed E-state index contributed by atoms with van der Waals surface area (Å²) in [7, 11) is 1.86. The Morgan fingerprint density at radius 1 is 1.53 bits per heavy atom. The summed E-state index contributed by atoms with van der Waals surface area (Å²) in [6.45, 7) is 2.43. The van der Waals surface area contributed by atoms with Crippen LogP contribution in [0, 0.1) is 0 Å². The summed E-state index contributed by atoms with van der Waals surface area (Å²) < 4.78 is 0. The van der Waals surface area contributed by atoms with E-state index in [2.05, 4.69) is 17.4 Å². The molecule has 0 aliphatic carbocycles. The molecule has 0 saturated heterocycles. The SMILES string of the molecule is CNCC(C)(O)c1ccc2c(c1)SCC2. The molecule has 0 spiro atoms. The molecule has 3 heteroatoms. The highest BCUT2D eigenvalue weighted by Crippen LogP contribution is 2.34. The van der Waals surface area contributed by atoms with Gasteiger partial charge in [0, 0.05) is 17.2 Å². The number of aryl methyl sites for hydroxylation is 1. The summed E-state index contributed by atoms with van der Waals surface area (Å²) in [6.07, 6.45) is 1.16. The molecule has 15 heavy (non-hydrogen) atoms. The van der Waals surface area contributed by atoms with E-state index in [1.807, 2.05) is 31.8 Å². The molecule has 1 aliphatic rings. The molecule has 1 atom stereocenters. The minimum Gasteiger partial charge on any atom is -0.384 e. The van der Waals surface area contributed by atoms with E-state index in [-0.39, 0.29) is 0 Å². The lowest BCUT2D eigenvalue weighted by Crippen LogP contribution is -2.33. The van der Waals surface area contributed by atoms with E-state index in [4.69, 9.17) is 0 Å². The highest BCUT2D eigenvalue weighted by atomic mass is 32.2. The van der Waals surface area contributed by atoms with Gasteiger partial charge in [0.1, 0.15) is 0 Å². The van der Waals surface area contributed by atoms with Crippen LogP contribution < -0.4 is 5.32 Å². The number of hydrogen-bond donors (Lipinski definition) is 2. The Balaban J connectivity index is 2.29. The van der Waals surface area contributed by atoms with Crippen molar-refractivity contribution in [1.82, 2.24) is 5.32 Å². The lowest BCUT2D eigenvalue weighted by atomic mass is 9.95. The van der Waals surface area contributed by atoms with Crippen molar-refractivity contribution in [3.63, 3.8) is 0 Å². The highest BCUT2D eigenvalue weighted by Gasteiger charge is 2.23. The molecule has 0 radical (unpaired) electrons. The van der Waals surface area contributed by atoms with Crippen molar-refractivity contribution in [2.45, 2.75) is 23.8 Å². The normalized spacial score (nSPS) is 18.6. The van der Waals surface area contributed by atoms with Crippen molar-refractivity contribution in [2.75, 3.05) is 19.3 Å².